The first-order valence-electron chi connectivity index (χ1n) is 10.0. The Kier molecular flexibility index (Phi) is 6.08. The molecule has 1 aromatic heterocycles. The number of halogens is 3. The number of nitrogens with zero attached hydrogens (tertiary/aromatic N) is 4. The fourth-order valence-corrected chi connectivity index (χ4v) is 3.99. The first-order valence-corrected chi connectivity index (χ1v) is 10.0. The highest BCUT2D eigenvalue weighted by Gasteiger charge is 2.32. The van der Waals surface area contributed by atoms with Crippen LogP contribution < -0.4 is 9.64 Å². The van der Waals surface area contributed by atoms with E-state index >= 15 is 0 Å². The molecule has 1 unspecified atom stereocenters. The number of benzene rings is 2. The van der Waals surface area contributed by atoms with E-state index in [2.05, 4.69) is 19.8 Å². The molecule has 1 saturated heterocycles. The molecular formula is C23H23F3N4O. The van der Waals surface area contributed by atoms with Crippen LogP contribution in [0.1, 0.15) is 22.9 Å². The molecule has 8 heteroatoms. The van der Waals surface area contributed by atoms with Gasteiger partial charge in [0.15, 0.2) is 0 Å². The second-order valence-electron chi connectivity index (χ2n) is 7.35. The standard InChI is InChI=1S/C23H23F3N4O/c1-31-21-5-3-2-4-20(21)29-12-14-30(15-13-29)22(19-16-27-10-11-28-19)17-6-8-18(9-7-17)23(24,25)26/h2-11,16,22H,12-15H2,1H3. The van der Waals surface area contributed by atoms with Crippen LogP contribution in [-0.4, -0.2) is 48.2 Å². The number of anilines is 1. The van der Waals surface area contributed by atoms with Crippen molar-refractivity contribution in [2.24, 2.45) is 0 Å². The van der Waals surface area contributed by atoms with E-state index in [1.165, 1.54) is 12.1 Å². The summed E-state index contributed by atoms with van der Waals surface area (Å²) in [5.41, 5.74) is 1.86. The van der Waals surface area contributed by atoms with E-state index < -0.39 is 11.7 Å². The maximum Gasteiger partial charge on any atom is 0.416 e. The van der Waals surface area contributed by atoms with Gasteiger partial charge >= 0.3 is 6.18 Å². The van der Waals surface area contributed by atoms with E-state index in [1.807, 2.05) is 24.3 Å². The molecule has 1 atom stereocenters. The molecule has 1 fully saturated rings. The van der Waals surface area contributed by atoms with Crippen LogP contribution in [0.25, 0.3) is 0 Å². The first kappa shape index (κ1) is 21.1. The van der Waals surface area contributed by atoms with E-state index in [-0.39, 0.29) is 6.04 Å². The van der Waals surface area contributed by atoms with Crippen molar-refractivity contribution in [2.75, 3.05) is 38.2 Å². The summed E-state index contributed by atoms with van der Waals surface area (Å²) in [6.07, 6.45) is 0.514. The van der Waals surface area contributed by atoms with Gasteiger partial charge in [-0.15, -0.1) is 0 Å². The molecule has 1 aliphatic heterocycles. The smallest absolute Gasteiger partial charge is 0.416 e. The van der Waals surface area contributed by atoms with Gasteiger partial charge in [-0.1, -0.05) is 24.3 Å². The van der Waals surface area contributed by atoms with E-state index in [0.29, 0.717) is 5.69 Å². The fraction of sp³-hybridized carbons (Fsp3) is 0.304. The molecule has 2 aromatic carbocycles. The normalized spacial score (nSPS) is 16.2. The maximum absolute atomic E-state index is 13.0. The second-order valence-corrected chi connectivity index (χ2v) is 7.35. The average molecular weight is 428 g/mol. The van der Waals surface area contributed by atoms with Gasteiger partial charge in [-0.25, -0.2) is 0 Å². The zero-order chi connectivity index (χ0) is 21.8. The Balaban J connectivity index is 1.58. The highest BCUT2D eigenvalue weighted by molar-refractivity contribution is 5.58. The van der Waals surface area contributed by atoms with Crippen molar-refractivity contribution < 1.29 is 17.9 Å². The number of para-hydroxylation sites is 2. The largest absolute Gasteiger partial charge is 0.495 e. The average Bonchev–Trinajstić information content (AvgIpc) is 2.80. The molecule has 5 nitrogen and oxygen atoms in total. The van der Waals surface area contributed by atoms with Crippen molar-refractivity contribution in [3.8, 4) is 5.75 Å². The van der Waals surface area contributed by atoms with Gasteiger partial charge in [0.2, 0.25) is 0 Å². The predicted molar refractivity (Wildman–Crippen MR) is 112 cm³/mol. The van der Waals surface area contributed by atoms with Crippen LogP contribution >= 0.6 is 0 Å². The summed E-state index contributed by atoms with van der Waals surface area (Å²) in [4.78, 5) is 13.1. The van der Waals surface area contributed by atoms with Gasteiger partial charge in [-0.3, -0.25) is 14.9 Å². The lowest BCUT2D eigenvalue weighted by atomic mass is 9.99. The molecule has 0 spiro atoms. The topological polar surface area (TPSA) is 41.5 Å². The number of hydrogen-bond acceptors (Lipinski definition) is 5. The summed E-state index contributed by atoms with van der Waals surface area (Å²) in [5, 5.41) is 0. The highest BCUT2D eigenvalue weighted by atomic mass is 19.4. The number of methoxy groups -OCH3 is 1. The molecule has 0 N–H and O–H groups in total. The number of rotatable bonds is 5. The molecule has 3 aromatic rings. The third kappa shape index (κ3) is 4.64. The number of alkyl halides is 3. The zero-order valence-corrected chi connectivity index (χ0v) is 17.1. The minimum atomic E-state index is -4.36. The Morgan fingerprint density at radius 2 is 1.65 bits per heavy atom. The number of aromatic nitrogens is 2. The van der Waals surface area contributed by atoms with E-state index in [1.54, 1.807) is 25.7 Å². The molecule has 4 rings (SSSR count). The monoisotopic (exact) mass is 428 g/mol. The summed E-state index contributed by atoms with van der Waals surface area (Å²) < 4.78 is 44.5. The van der Waals surface area contributed by atoms with Crippen LogP contribution in [0.15, 0.2) is 67.1 Å². The number of piperazine rings is 1. The van der Waals surface area contributed by atoms with Gasteiger partial charge in [0.05, 0.1) is 36.3 Å². The molecule has 0 saturated carbocycles. The predicted octanol–water partition coefficient (Wildman–Crippen LogP) is 4.42. The molecule has 0 radical (unpaired) electrons. The van der Waals surface area contributed by atoms with Crippen LogP contribution in [0, 0.1) is 0 Å². The molecule has 31 heavy (non-hydrogen) atoms. The van der Waals surface area contributed by atoms with Crippen molar-refractivity contribution in [1.29, 1.82) is 0 Å². The van der Waals surface area contributed by atoms with Crippen molar-refractivity contribution in [2.45, 2.75) is 12.2 Å². The third-order valence-corrected chi connectivity index (χ3v) is 5.52. The van der Waals surface area contributed by atoms with E-state index in [0.717, 1.165) is 55.3 Å². The first-order chi connectivity index (χ1) is 15.0. The van der Waals surface area contributed by atoms with Crippen molar-refractivity contribution in [3.63, 3.8) is 0 Å². The third-order valence-electron chi connectivity index (χ3n) is 5.52. The Labute approximate surface area is 179 Å². The minimum absolute atomic E-state index is 0.268. The highest BCUT2D eigenvalue weighted by Crippen LogP contribution is 2.34. The lowest BCUT2D eigenvalue weighted by Crippen LogP contribution is -2.48. The summed E-state index contributed by atoms with van der Waals surface area (Å²) in [7, 11) is 1.66. The molecule has 2 heterocycles. The Morgan fingerprint density at radius 1 is 0.935 bits per heavy atom. The van der Waals surface area contributed by atoms with Gasteiger partial charge in [-0.05, 0) is 29.8 Å². The fourth-order valence-electron chi connectivity index (χ4n) is 3.99. The van der Waals surface area contributed by atoms with Crippen molar-refractivity contribution in [1.82, 2.24) is 14.9 Å². The Bertz CT molecular complexity index is 988. The number of hydrogen-bond donors (Lipinski definition) is 0. The summed E-state index contributed by atoms with van der Waals surface area (Å²) in [5.74, 6) is 0.823. The molecule has 0 amide bonds. The Hall–Kier alpha value is -3.13. The Morgan fingerprint density at radius 3 is 2.26 bits per heavy atom. The van der Waals surface area contributed by atoms with Crippen LogP contribution in [0.5, 0.6) is 5.75 Å². The van der Waals surface area contributed by atoms with Gasteiger partial charge in [-0.2, -0.15) is 13.2 Å². The number of ether oxygens (including phenoxy) is 1. The van der Waals surface area contributed by atoms with E-state index in [4.69, 9.17) is 4.74 Å². The lowest BCUT2D eigenvalue weighted by Gasteiger charge is -2.40. The quantitative estimate of drug-likeness (QED) is 0.602. The molecule has 1 aliphatic rings. The van der Waals surface area contributed by atoms with Gasteiger partial charge in [0.25, 0.3) is 0 Å². The van der Waals surface area contributed by atoms with Gasteiger partial charge in [0, 0.05) is 38.6 Å². The van der Waals surface area contributed by atoms with Crippen LogP contribution in [0.3, 0.4) is 0 Å². The summed E-state index contributed by atoms with van der Waals surface area (Å²) in [6, 6.07) is 13.0. The maximum atomic E-state index is 13.0. The SMILES string of the molecule is COc1ccccc1N1CCN(C(c2ccc(C(F)(F)F)cc2)c2cnccn2)CC1. The minimum Gasteiger partial charge on any atom is -0.495 e. The summed E-state index contributed by atoms with van der Waals surface area (Å²) >= 11 is 0. The zero-order valence-electron chi connectivity index (χ0n) is 17.1. The molecular weight excluding hydrogens is 405 g/mol. The van der Waals surface area contributed by atoms with Crippen LogP contribution in [-0.2, 0) is 6.18 Å². The van der Waals surface area contributed by atoms with Crippen molar-refractivity contribution in [3.05, 3.63) is 83.9 Å². The van der Waals surface area contributed by atoms with Crippen molar-refractivity contribution >= 4 is 5.69 Å². The molecule has 162 valence electrons. The molecule has 0 bridgehead atoms. The van der Waals surface area contributed by atoms with Gasteiger partial charge in [0.1, 0.15) is 5.75 Å². The molecule has 0 aliphatic carbocycles. The van der Waals surface area contributed by atoms with Crippen LogP contribution in [0.4, 0.5) is 18.9 Å². The second kappa shape index (κ2) is 8.93. The van der Waals surface area contributed by atoms with E-state index in [9.17, 15) is 13.2 Å². The van der Waals surface area contributed by atoms with Crippen LogP contribution in [0.2, 0.25) is 0 Å². The lowest BCUT2D eigenvalue weighted by molar-refractivity contribution is -0.137. The summed E-state index contributed by atoms with van der Waals surface area (Å²) in [6.45, 7) is 2.97. The van der Waals surface area contributed by atoms with Gasteiger partial charge < -0.3 is 9.64 Å².